The van der Waals surface area contributed by atoms with Crippen molar-refractivity contribution in [3.05, 3.63) is 30.6 Å². The number of nitrogens with zero attached hydrogens (tertiary/aromatic N) is 3. The van der Waals surface area contributed by atoms with Gasteiger partial charge in [-0.05, 0) is 25.0 Å². The number of fused-ring (bicyclic) bond motifs is 3. The Hall–Kier alpha value is -2.63. The Morgan fingerprint density at radius 2 is 2.23 bits per heavy atom. The third-order valence-corrected chi connectivity index (χ3v) is 4.14. The van der Waals surface area contributed by atoms with Gasteiger partial charge < -0.3 is 14.1 Å². The lowest BCUT2D eigenvalue weighted by molar-refractivity contribution is -0.141. The maximum Gasteiger partial charge on any atom is 0.328 e. The number of furan rings is 1. The summed E-state index contributed by atoms with van der Waals surface area (Å²) < 4.78 is 10.8. The molecule has 22 heavy (non-hydrogen) atoms. The van der Waals surface area contributed by atoms with Gasteiger partial charge in [0, 0.05) is 11.9 Å². The molecule has 1 saturated heterocycles. The number of hydrogen-bond acceptors (Lipinski definition) is 6. The number of benzene rings is 1. The number of anilines is 1. The van der Waals surface area contributed by atoms with E-state index < -0.39 is 0 Å². The van der Waals surface area contributed by atoms with Crippen molar-refractivity contribution < 1.29 is 13.9 Å². The maximum absolute atomic E-state index is 12.0. The molecule has 3 aromatic rings. The lowest BCUT2D eigenvalue weighted by atomic mass is 10.2. The molecular formula is C16H15N3O3. The van der Waals surface area contributed by atoms with Crippen LogP contribution in [0.1, 0.15) is 12.8 Å². The average molecular weight is 297 g/mol. The first-order chi connectivity index (χ1) is 10.8. The van der Waals surface area contributed by atoms with Crippen molar-refractivity contribution in [1.29, 1.82) is 0 Å². The second-order valence-corrected chi connectivity index (χ2v) is 5.35. The third-order valence-electron chi connectivity index (χ3n) is 4.14. The summed E-state index contributed by atoms with van der Waals surface area (Å²) >= 11 is 0. The van der Waals surface area contributed by atoms with Crippen LogP contribution in [0.15, 0.2) is 35.0 Å². The van der Waals surface area contributed by atoms with Gasteiger partial charge in [0.1, 0.15) is 23.5 Å². The van der Waals surface area contributed by atoms with E-state index in [2.05, 4.69) is 9.97 Å². The molecule has 0 saturated carbocycles. The quantitative estimate of drug-likeness (QED) is 0.677. The molecule has 3 heterocycles. The summed E-state index contributed by atoms with van der Waals surface area (Å²) in [5.74, 6) is 0.425. The van der Waals surface area contributed by atoms with Crippen LogP contribution in [-0.2, 0) is 9.53 Å². The van der Waals surface area contributed by atoms with Gasteiger partial charge in [-0.15, -0.1) is 0 Å². The molecule has 1 aliphatic heterocycles. The van der Waals surface area contributed by atoms with Crippen molar-refractivity contribution in [2.45, 2.75) is 18.9 Å². The number of carbonyl (C=O) groups is 1. The third kappa shape index (κ3) is 1.83. The highest BCUT2D eigenvalue weighted by atomic mass is 16.5. The van der Waals surface area contributed by atoms with Gasteiger partial charge in [-0.3, -0.25) is 0 Å². The van der Waals surface area contributed by atoms with Crippen molar-refractivity contribution in [1.82, 2.24) is 9.97 Å². The molecule has 1 atom stereocenters. The van der Waals surface area contributed by atoms with E-state index in [9.17, 15) is 4.79 Å². The van der Waals surface area contributed by atoms with Crippen LogP contribution in [0, 0.1) is 0 Å². The number of methoxy groups -OCH3 is 1. The number of para-hydroxylation sites is 1. The van der Waals surface area contributed by atoms with Crippen molar-refractivity contribution in [2.24, 2.45) is 0 Å². The number of esters is 1. The smallest absolute Gasteiger partial charge is 0.328 e. The van der Waals surface area contributed by atoms with E-state index in [0.29, 0.717) is 11.4 Å². The standard InChI is InChI=1S/C16H15N3O3/c1-21-16(20)11-6-4-8-19(11)15-14-13(17-9-18-15)10-5-2-3-7-12(10)22-14/h2-3,5,7,9,11H,4,6,8H2,1H3. The highest BCUT2D eigenvalue weighted by Crippen LogP contribution is 2.35. The molecule has 2 aromatic heterocycles. The van der Waals surface area contributed by atoms with Crippen LogP contribution >= 0.6 is 0 Å². The summed E-state index contributed by atoms with van der Waals surface area (Å²) in [6.07, 6.45) is 3.20. The van der Waals surface area contributed by atoms with Crippen LogP contribution in [-0.4, -0.2) is 35.6 Å². The molecule has 1 unspecified atom stereocenters. The maximum atomic E-state index is 12.0. The monoisotopic (exact) mass is 297 g/mol. The van der Waals surface area contributed by atoms with Gasteiger partial charge in [-0.2, -0.15) is 0 Å². The van der Waals surface area contributed by atoms with Gasteiger partial charge in [-0.1, -0.05) is 12.1 Å². The summed E-state index contributed by atoms with van der Waals surface area (Å²) in [5, 5.41) is 0.954. The highest BCUT2D eigenvalue weighted by molar-refractivity contribution is 6.06. The molecule has 0 N–H and O–H groups in total. The molecule has 6 heteroatoms. The molecular weight excluding hydrogens is 282 g/mol. The fourth-order valence-electron chi connectivity index (χ4n) is 3.12. The van der Waals surface area contributed by atoms with E-state index in [1.54, 1.807) is 0 Å². The zero-order chi connectivity index (χ0) is 15.1. The molecule has 1 aliphatic rings. The highest BCUT2D eigenvalue weighted by Gasteiger charge is 2.34. The van der Waals surface area contributed by atoms with E-state index in [4.69, 9.17) is 9.15 Å². The molecule has 112 valence electrons. The number of aromatic nitrogens is 2. The first-order valence-electron chi connectivity index (χ1n) is 7.26. The molecule has 0 radical (unpaired) electrons. The molecule has 0 spiro atoms. The summed E-state index contributed by atoms with van der Waals surface area (Å²) in [4.78, 5) is 22.6. The van der Waals surface area contributed by atoms with Crippen LogP contribution < -0.4 is 4.90 Å². The number of ether oxygens (including phenoxy) is 1. The summed E-state index contributed by atoms with van der Waals surface area (Å²) in [7, 11) is 1.41. The van der Waals surface area contributed by atoms with Gasteiger partial charge in [0.2, 0.25) is 0 Å². The first-order valence-corrected chi connectivity index (χ1v) is 7.26. The van der Waals surface area contributed by atoms with E-state index in [1.165, 1.54) is 13.4 Å². The predicted octanol–water partition coefficient (Wildman–Crippen LogP) is 2.52. The minimum atomic E-state index is -0.309. The Balaban J connectivity index is 1.89. The number of rotatable bonds is 2. The second kappa shape index (κ2) is 4.98. The average Bonchev–Trinajstić information content (AvgIpc) is 3.18. The molecule has 6 nitrogen and oxygen atoms in total. The van der Waals surface area contributed by atoms with Crippen molar-refractivity contribution in [2.75, 3.05) is 18.6 Å². The normalized spacial score (nSPS) is 18.2. The summed E-state index contributed by atoms with van der Waals surface area (Å²) in [6.45, 7) is 0.753. The minimum absolute atomic E-state index is 0.236. The van der Waals surface area contributed by atoms with Gasteiger partial charge in [0.05, 0.1) is 7.11 Å². The molecule has 0 amide bonds. The van der Waals surface area contributed by atoms with Gasteiger partial charge in [-0.25, -0.2) is 14.8 Å². The molecule has 4 rings (SSSR count). The summed E-state index contributed by atoms with van der Waals surface area (Å²) in [5.41, 5.74) is 2.17. The van der Waals surface area contributed by atoms with E-state index in [-0.39, 0.29) is 12.0 Å². The fraction of sp³-hybridized carbons (Fsp3) is 0.312. The Morgan fingerprint density at radius 1 is 1.36 bits per heavy atom. The second-order valence-electron chi connectivity index (χ2n) is 5.35. The fourth-order valence-corrected chi connectivity index (χ4v) is 3.12. The van der Waals surface area contributed by atoms with Crippen LogP contribution in [0.5, 0.6) is 0 Å². The van der Waals surface area contributed by atoms with Crippen molar-refractivity contribution in [3.8, 4) is 0 Å². The first kappa shape index (κ1) is 13.1. The van der Waals surface area contributed by atoms with Crippen molar-refractivity contribution in [3.63, 3.8) is 0 Å². The van der Waals surface area contributed by atoms with Crippen LogP contribution in [0.3, 0.4) is 0 Å². The lowest BCUT2D eigenvalue weighted by Crippen LogP contribution is -2.37. The van der Waals surface area contributed by atoms with E-state index in [0.717, 1.165) is 35.9 Å². The van der Waals surface area contributed by atoms with E-state index >= 15 is 0 Å². The molecule has 1 aromatic carbocycles. The SMILES string of the molecule is COC(=O)C1CCCN1c1ncnc2c1oc1ccccc12. The number of carbonyl (C=O) groups excluding carboxylic acids is 1. The van der Waals surface area contributed by atoms with Crippen molar-refractivity contribution >= 4 is 33.9 Å². The summed E-state index contributed by atoms with van der Waals surface area (Å²) in [6, 6.07) is 7.44. The van der Waals surface area contributed by atoms with Crippen LogP contribution in [0.4, 0.5) is 5.82 Å². The largest absolute Gasteiger partial charge is 0.467 e. The topological polar surface area (TPSA) is 68.5 Å². The molecule has 0 aliphatic carbocycles. The number of hydrogen-bond donors (Lipinski definition) is 0. The Labute approximate surface area is 126 Å². The Morgan fingerprint density at radius 3 is 3.09 bits per heavy atom. The van der Waals surface area contributed by atoms with Gasteiger partial charge >= 0.3 is 5.97 Å². The zero-order valence-electron chi connectivity index (χ0n) is 12.2. The lowest BCUT2D eigenvalue weighted by Gasteiger charge is -2.23. The van der Waals surface area contributed by atoms with Crippen LogP contribution in [0.2, 0.25) is 0 Å². The predicted molar refractivity (Wildman–Crippen MR) is 81.7 cm³/mol. The van der Waals surface area contributed by atoms with Gasteiger partial charge in [0.25, 0.3) is 0 Å². The Kier molecular flexibility index (Phi) is 2.96. The van der Waals surface area contributed by atoms with Crippen LogP contribution in [0.25, 0.3) is 22.1 Å². The zero-order valence-corrected chi connectivity index (χ0v) is 12.2. The van der Waals surface area contributed by atoms with Gasteiger partial charge in [0.15, 0.2) is 11.4 Å². The minimum Gasteiger partial charge on any atom is -0.467 e. The van der Waals surface area contributed by atoms with E-state index in [1.807, 2.05) is 29.2 Å². The molecule has 0 bridgehead atoms. The molecule has 1 fully saturated rings. The Bertz CT molecular complexity index is 858.